The van der Waals surface area contributed by atoms with E-state index in [-0.39, 0.29) is 7.43 Å². The summed E-state index contributed by atoms with van der Waals surface area (Å²) in [5, 5.41) is 4.00. The SMILES string of the molecule is C.CC.CC.CC.CC(C)N.CC(C)n1ccc(N)n1. The molecule has 0 radical (unpaired) electrons. The van der Waals surface area contributed by atoms with Crippen LogP contribution in [0.3, 0.4) is 0 Å². The Bertz CT molecular complexity index is 227. The molecule has 4 N–H and O–H groups in total. The largest absolute Gasteiger partial charge is 0.382 e. The Kier molecular flexibility index (Phi) is 41.6. The lowest BCUT2D eigenvalue weighted by atomic mass is 10.4. The van der Waals surface area contributed by atoms with Gasteiger partial charge in [0.2, 0.25) is 0 Å². The highest BCUT2D eigenvalue weighted by Crippen LogP contribution is 2.03. The number of nitrogens with two attached hydrogens (primary N) is 2. The lowest BCUT2D eigenvalue weighted by Crippen LogP contribution is -2.06. The first-order valence-electron chi connectivity index (χ1n) is 7.49. The quantitative estimate of drug-likeness (QED) is 0.754. The van der Waals surface area contributed by atoms with E-state index in [4.69, 9.17) is 11.5 Å². The van der Waals surface area contributed by atoms with Crippen molar-refractivity contribution in [3.8, 4) is 0 Å². The molecule has 1 rings (SSSR count). The summed E-state index contributed by atoms with van der Waals surface area (Å²) in [6.45, 7) is 20.0. The van der Waals surface area contributed by atoms with Gasteiger partial charge in [0.1, 0.15) is 5.82 Å². The fraction of sp³-hybridized carbons (Fsp3) is 0.812. The molecule has 4 nitrogen and oxygen atoms in total. The predicted molar refractivity (Wildman–Crippen MR) is 97.1 cm³/mol. The Balaban J connectivity index is -0.0000000586. The Morgan fingerprint density at radius 2 is 1.25 bits per heavy atom. The van der Waals surface area contributed by atoms with Gasteiger partial charge in [-0.2, -0.15) is 5.10 Å². The Morgan fingerprint density at radius 1 is 0.950 bits per heavy atom. The molecule has 20 heavy (non-hydrogen) atoms. The second kappa shape index (κ2) is 26.5. The molecule has 0 aromatic carbocycles. The summed E-state index contributed by atoms with van der Waals surface area (Å²) < 4.78 is 1.83. The molecule has 0 unspecified atom stereocenters. The number of rotatable bonds is 1. The Morgan fingerprint density at radius 3 is 1.35 bits per heavy atom. The van der Waals surface area contributed by atoms with Crippen LogP contribution in [0.25, 0.3) is 0 Å². The van der Waals surface area contributed by atoms with Gasteiger partial charge in [-0.1, -0.05) is 62.8 Å². The molecule has 0 aliphatic carbocycles. The van der Waals surface area contributed by atoms with E-state index >= 15 is 0 Å². The Hall–Kier alpha value is -1.03. The molecule has 0 fully saturated rings. The van der Waals surface area contributed by atoms with E-state index < -0.39 is 0 Å². The smallest absolute Gasteiger partial charge is 0.145 e. The monoisotopic (exact) mass is 290 g/mol. The lowest BCUT2D eigenvalue weighted by molar-refractivity contribution is 0.534. The number of anilines is 1. The minimum Gasteiger partial charge on any atom is -0.382 e. The van der Waals surface area contributed by atoms with Gasteiger partial charge in [-0.25, -0.2) is 0 Å². The van der Waals surface area contributed by atoms with Gasteiger partial charge < -0.3 is 11.5 Å². The maximum atomic E-state index is 5.38. The average Bonchev–Trinajstić information content (AvgIpc) is 2.83. The predicted octanol–water partition coefficient (Wildman–Crippen LogP) is 5.11. The number of aromatic nitrogens is 2. The van der Waals surface area contributed by atoms with E-state index in [1.807, 2.05) is 66.3 Å². The van der Waals surface area contributed by atoms with Crippen LogP contribution in [0.5, 0.6) is 0 Å². The van der Waals surface area contributed by atoms with E-state index in [2.05, 4.69) is 18.9 Å². The molecular weight excluding hydrogens is 248 g/mol. The third-order valence-corrected chi connectivity index (χ3v) is 1.16. The van der Waals surface area contributed by atoms with Crippen LogP contribution in [0.15, 0.2) is 12.3 Å². The number of hydrogen-bond donors (Lipinski definition) is 2. The standard InChI is InChI=1S/C6H11N3.C3H9N.3C2H6.CH4/c1-5(2)9-4-3-6(7)8-9;1-3(2)4;3*1-2;/h3-5H,1-2H3,(H2,7,8);3H,4H2,1-2H3;3*1-2H3;1H4. The van der Waals surface area contributed by atoms with Crippen molar-refractivity contribution in [2.45, 2.75) is 88.7 Å². The van der Waals surface area contributed by atoms with Crippen molar-refractivity contribution in [3.63, 3.8) is 0 Å². The van der Waals surface area contributed by atoms with Crippen LogP contribution >= 0.6 is 0 Å². The van der Waals surface area contributed by atoms with Crippen molar-refractivity contribution in [3.05, 3.63) is 12.3 Å². The first-order chi connectivity index (χ1) is 8.93. The van der Waals surface area contributed by atoms with Gasteiger partial charge in [0.25, 0.3) is 0 Å². The highest BCUT2D eigenvalue weighted by molar-refractivity contribution is 5.23. The van der Waals surface area contributed by atoms with E-state index in [0.717, 1.165) is 0 Å². The number of nitrogen functional groups attached to an aromatic ring is 1. The summed E-state index contributed by atoms with van der Waals surface area (Å²) in [5.41, 5.74) is 10.5. The summed E-state index contributed by atoms with van der Waals surface area (Å²) in [4.78, 5) is 0. The van der Waals surface area contributed by atoms with Crippen molar-refractivity contribution in [1.82, 2.24) is 9.78 Å². The average molecular weight is 291 g/mol. The molecule has 1 aromatic rings. The molecule has 0 aliphatic heterocycles. The summed E-state index contributed by atoms with van der Waals surface area (Å²) >= 11 is 0. The molecule has 1 aromatic heterocycles. The van der Waals surface area contributed by atoms with Gasteiger partial charge in [0.05, 0.1) is 0 Å². The molecular formula is C16H42N4. The van der Waals surface area contributed by atoms with Gasteiger partial charge in [-0.15, -0.1) is 0 Å². The second-order valence-electron chi connectivity index (χ2n) is 3.56. The minimum atomic E-state index is 0. The van der Waals surface area contributed by atoms with Crippen molar-refractivity contribution in [2.24, 2.45) is 5.73 Å². The normalized spacial score (nSPS) is 7.45. The van der Waals surface area contributed by atoms with E-state index in [9.17, 15) is 0 Å². The molecule has 0 amide bonds. The van der Waals surface area contributed by atoms with Crippen molar-refractivity contribution >= 4 is 5.82 Å². The molecule has 0 spiro atoms. The van der Waals surface area contributed by atoms with Crippen LogP contribution in [-0.2, 0) is 0 Å². The van der Waals surface area contributed by atoms with Gasteiger partial charge in [0.15, 0.2) is 0 Å². The van der Waals surface area contributed by atoms with E-state index in [1.165, 1.54) is 0 Å². The van der Waals surface area contributed by atoms with E-state index in [1.54, 1.807) is 6.07 Å². The first kappa shape index (κ1) is 31.4. The van der Waals surface area contributed by atoms with Crippen LogP contribution in [0.4, 0.5) is 5.82 Å². The zero-order chi connectivity index (χ0) is 16.4. The Labute approximate surface area is 128 Å². The van der Waals surface area contributed by atoms with E-state index in [0.29, 0.717) is 17.9 Å². The molecule has 0 aliphatic rings. The topological polar surface area (TPSA) is 69.9 Å². The molecule has 4 heteroatoms. The summed E-state index contributed by atoms with van der Waals surface area (Å²) in [5.74, 6) is 0.587. The zero-order valence-corrected chi connectivity index (χ0v) is 14.9. The molecule has 126 valence electrons. The maximum absolute atomic E-state index is 5.38. The van der Waals surface area contributed by atoms with Crippen LogP contribution in [0.1, 0.15) is 82.7 Å². The van der Waals surface area contributed by atoms with Gasteiger partial charge in [-0.3, -0.25) is 4.68 Å². The number of nitrogens with zero attached hydrogens (tertiary/aromatic N) is 2. The summed E-state index contributed by atoms with van der Waals surface area (Å²) in [7, 11) is 0. The maximum Gasteiger partial charge on any atom is 0.145 e. The molecule has 0 saturated heterocycles. The van der Waals surface area contributed by atoms with Crippen molar-refractivity contribution < 1.29 is 0 Å². The summed E-state index contributed by atoms with van der Waals surface area (Å²) in [6.07, 6.45) is 1.88. The zero-order valence-electron chi connectivity index (χ0n) is 14.9. The van der Waals surface area contributed by atoms with Gasteiger partial charge in [0, 0.05) is 12.2 Å². The lowest BCUT2D eigenvalue weighted by Gasteiger charge is -2.02. The van der Waals surface area contributed by atoms with Crippen molar-refractivity contribution in [2.75, 3.05) is 5.73 Å². The number of hydrogen-bond acceptors (Lipinski definition) is 3. The highest BCUT2D eigenvalue weighted by Gasteiger charge is 1.96. The van der Waals surface area contributed by atoms with Gasteiger partial charge in [-0.05, 0) is 26.0 Å². The highest BCUT2D eigenvalue weighted by atomic mass is 15.3. The fourth-order valence-corrected chi connectivity index (χ4v) is 0.640. The molecule has 1 heterocycles. The van der Waals surface area contributed by atoms with Crippen molar-refractivity contribution in [1.29, 1.82) is 0 Å². The van der Waals surface area contributed by atoms with Crippen LogP contribution in [0, 0.1) is 0 Å². The van der Waals surface area contributed by atoms with Crippen LogP contribution in [0.2, 0.25) is 0 Å². The molecule has 0 bridgehead atoms. The molecule has 0 saturated carbocycles. The molecule has 0 atom stereocenters. The minimum absolute atomic E-state index is 0. The fourth-order valence-electron chi connectivity index (χ4n) is 0.640. The third-order valence-electron chi connectivity index (χ3n) is 1.16. The van der Waals surface area contributed by atoms with Gasteiger partial charge >= 0.3 is 0 Å². The van der Waals surface area contributed by atoms with Crippen LogP contribution in [-0.4, -0.2) is 15.8 Å². The second-order valence-corrected chi connectivity index (χ2v) is 3.56. The van der Waals surface area contributed by atoms with Crippen LogP contribution < -0.4 is 11.5 Å². The summed E-state index contributed by atoms with van der Waals surface area (Å²) in [6, 6.07) is 2.53. The third kappa shape index (κ3) is 30.2. The first-order valence-corrected chi connectivity index (χ1v) is 7.49.